The molecular formula is C15H22ClFN2O3. The molecule has 22 heavy (non-hydrogen) atoms. The normalized spacial score (nSPS) is 19.4. The van der Waals surface area contributed by atoms with Crippen molar-refractivity contribution in [1.29, 1.82) is 0 Å². The van der Waals surface area contributed by atoms with Gasteiger partial charge in [-0.05, 0) is 17.7 Å². The molecule has 1 amide bonds. The standard InChI is InChI=1S/C15H21FN2O3.ClH/c1-20-13(9-17)8-15(19)18-6-7-21-14(10-18)11-2-4-12(16)5-3-11;/h2-5,13-14H,6-10,17H2,1H3;1H. The van der Waals surface area contributed by atoms with Crippen LogP contribution in [0.25, 0.3) is 0 Å². The summed E-state index contributed by atoms with van der Waals surface area (Å²) in [6.07, 6.45) is -0.213. The van der Waals surface area contributed by atoms with Crippen molar-refractivity contribution in [1.82, 2.24) is 4.90 Å². The fraction of sp³-hybridized carbons (Fsp3) is 0.533. The zero-order valence-electron chi connectivity index (χ0n) is 12.5. The predicted molar refractivity (Wildman–Crippen MR) is 83.4 cm³/mol. The Morgan fingerprint density at radius 3 is 2.77 bits per heavy atom. The first-order valence-corrected chi connectivity index (χ1v) is 7.01. The third-order valence-corrected chi connectivity index (χ3v) is 3.66. The molecule has 0 spiro atoms. The number of morpholine rings is 1. The van der Waals surface area contributed by atoms with E-state index in [-0.39, 0.29) is 42.8 Å². The van der Waals surface area contributed by atoms with Crippen molar-refractivity contribution in [3.8, 4) is 0 Å². The van der Waals surface area contributed by atoms with Gasteiger partial charge in [-0.25, -0.2) is 4.39 Å². The molecule has 7 heteroatoms. The van der Waals surface area contributed by atoms with Crippen LogP contribution in [0.1, 0.15) is 18.1 Å². The van der Waals surface area contributed by atoms with E-state index in [2.05, 4.69) is 0 Å². The van der Waals surface area contributed by atoms with Crippen molar-refractivity contribution in [2.24, 2.45) is 5.73 Å². The van der Waals surface area contributed by atoms with Crippen LogP contribution in [0.4, 0.5) is 4.39 Å². The lowest BCUT2D eigenvalue weighted by Crippen LogP contribution is -2.44. The molecule has 1 aromatic rings. The summed E-state index contributed by atoms with van der Waals surface area (Å²) < 4.78 is 23.8. The second-order valence-corrected chi connectivity index (χ2v) is 5.05. The molecule has 1 heterocycles. The first-order valence-electron chi connectivity index (χ1n) is 7.01. The van der Waals surface area contributed by atoms with Gasteiger partial charge in [-0.1, -0.05) is 12.1 Å². The summed E-state index contributed by atoms with van der Waals surface area (Å²) >= 11 is 0. The van der Waals surface area contributed by atoms with Gasteiger partial charge in [-0.15, -0.1) is 12.4 Å². The Labute approximate surface area is 136 Å². The van der Waals surface area contributed by atoms with Crippen LogP contribution in [-0.4, -0.2) is 50.3 Å². The van der Waals surface area contributed by atoms with E-state index < -0.39 is 0 Å². The first kappa shape index (κ1) is 18.8. The molecule has 2 rings (SSSR count). The van der Waals surface area contributed by atoms with Crippen LogP contribution in [0.3, 0.4) is 0 Å². The van der Waals surface area contributed by atoms with Gasteiger partial charge in [0.25, 0.3) is 0 Å². The number of rotatable bonds is 5. The number of ether oxygens (including phenoxy) is 2. The van der Waals surface area contributed by atoms with Crippen LogP contribution < -0.4 is 5.73 Å². The van der Waals surface area contributed by atoms with E-state index in [1.54, 1.807) is 24.1 Å². The molecule has 0 radical (unpaired) electrons. The van der Waals surface area contributed by atoms with Crippen LogP contribution in [0.5, 0.6) is 0 Å². The van der Waals surface area contributed by atoms with Gasteiger partial charge in [0.05, 0.1) is 25.7 Å². The second-order valence-electron chi connectivity index (χ2n) is 5.05. The maximum absolute atomic E-state index is 12.9. The highest BCUT2D eigenvalue weighted by Gasteiger charge is 2.26. The van der Waals surface area contributed by atoms with Crippen LogP contribution in [0.15, 0.2) is 24.3 Å². The van der Waals surface area contributed by atoms with Crippen LogP contribution in [0.2, 0.25) is 0 Å². The summed E-state index contributed by atoms with van der Waals surface area (Å²) in [6, 6.07) is 6.17. The average molecular weight is 333 g/mol. The minimum atomic E-state index is -0.284. The van der Waals surface area contributed by atoms with E-state index >= 15 is 0 Å². The molecule has 124 valence electrons. The molecule has 1 fully saturated rings. The molecule has 2 atom stereocenters. The largest absolute Gasteiger partial charge is 0.380 e. The predicted octanol–water partition coefficient (Wildman–Crippen LogP) is 1.51. The van der Waals surface area contributed by atoms with Crippen molar-refractivity contribution < 1.29 is 18.7 Å². The third-order valence-electron chi connectivity index (χ3n) is 3.66. The second kappa shape index (κ2) is 9.05. The minimum absolute atomic E-state index is 0. The third kappa shape index (κ3) is 4.91. The molecule has 1 aromatic carbocycles. The first-order chi connectivity index (χ1) is 10.1. The molecular weight excluding hydrogens is 311 g/mol. The summed E-state index contributed by atoms with van der Waals surface area (Å²) in [5, 5.41) is 0. The Morgan fingerprint density at radius 1 is 1.50 bits per heavy atom. The van der Waals surface area contributed by atoms with E-state index in [0.717, 1.165) is 5.56 Å². The maximum Gasteiger partial charge on any atom is 0.225 e. The summed E-state index contributed by atoms with van der Waals surface area (Å²) in [4.78, 5) is 14.0. The molecule has 2 N–H and O–H groups in total. The molecule has 5 nitrogen and oxygen atoms in total. The minimum Gasteiger partial charge on any atom is -0.380 e. The lowest BCUT2D eigenvalue weighted by Gasteiger charge is -2.34. The van der Waals surface area contributed by atoms with Crippen LogP contribution in [0, 0.1) is 5.82 Å². The van der Waals surface area contributed by atoms with Crippen molar-refractivity contribution in [3.05, 3.63) is 35.6 Å². The maximum atomic E-state index is 12.9. The number of benzene rings is 1. The average Bonchev–Trinajstić information content (AvgIpc) is 2.53. The number of hydrogen-bond acceptors (Lipinski definition) is 4. The van der Waals surface area contributed by atoms with Gasteiger partial charge < -0.3 is 20.1 Å². The Kier molecular flexibility index (Phi) is 7.75. The van der Waals surface area contributed by atoms with Crippen LogP contribution in [-0.2, 0) is 14.3 Å². The van der Waals surface area contributed by atoms with Gasteiger partial charge in [0, 0.05) is 20.2 Å². The van der Waals surface area contributed by atoms with Crippen molar-refractivity contribution >= 4 is 18.3 Å². The quantitative estimate of drug-likeness (QED) is 0.887. The summed E-state index contributed by atoms with van der Waals surface area (Å²) in [5.74, 6) is -0.281. The Morgan fingerprint density at radius 2 is 2.18 bits per heavy atom. The Bertz CT molecular complexity index is 468. The van der Waals surface area contributed by atoms with E-state index in [4.69, 9.17) is 15.2 Å². The Hall–Kier alpha value is -1.21. The molecule has 0 bridgehead atoms. The Balaban J connectivity index is 0.00000242. The number of halogens is 2. The number of nitrogens with two attached hydrogens (primary N) is 1. The molecule has 2 unspecified atom stereocenters. The van der Waals surface area contributed by atoms with Gasteiger partial charge >= 0.3 is 0 Å². The van der Waals surface area contributed by atoms with Gasteiger partial charge in [-0.2, -0.15) is 0 Å². The van der Waals surface area contributed by atoms with Crippen molar-refractivity contribution in [2.75, 3.05) is 33.4 Å². The van der Waals surface area contributed by atoms with E-state index in [9.17, 15) is 9.18 Å². The number of carbonyl (C=O) groups is 1. The molecule has 1 aliphatic heterocycles. The highest BCUT2D eigenvalue weighted by molar-refractivity contribution is 5.85. The lowest BCUT2D eigenvalue weighted by atomic mass is 10.1. The molecule has 1 saturated heterocycles. The van der Waals surface area contributed by atoms with E-state index in [1.165, 1.54) is 12.1 Å². The molecule has 0 aliphatic carbocycles. The summed E-state index contributed by atoms with van der Waals surface area (Å²) in [6.45, 7) is 1.80. The number of hydrogen-bond donors (Lipinski definition) is 1. The highest BCUT2D eigenvalue weighted by Crippen LogP contribution is 2.23. The fourth-order valence-corrected chi connectivity index (χ4v) is 2.34. The molecule has 1 aliphatic rings. The molecule has 0 saturated carbocycles. The smallest absolute Gasteiger partial charge is 0.225 e. The number of nitrogens with zero attached hydrogens (tertiary/aromatic N) is 1. The van der Waals surface area contributed by atoms with Crippen molar-refractivity contribution in [3.63, 3.8) is 0 Å². The number of carbonyl (C=O) groups excluding carboxylic acids is 1. The zero-order chi connectivity index (χ0) is 15.2. The number of methoxy groups -OCH3 is 1. The SMILES string of the molecule is COC(CN)CC(=O)N1CCOC(c2ccc(F)cc2)C1.Cl. The van der Waals surface area contributed by atoms with E-state index in [1.807, 2.05) is 0 Å². The molecule has 0 aromatic heterocycles. The lowest BCUT2D eigenvalue weighted by molar-refractivity contribution is -0.141. The monoisotopic (exact) mass is 332 g/mol. The van der Waals surface area contributed by atoms with Gasteiger partial charge in [0.1, 0.15) is 11.9 Å². The summed E-state index contributed by atoms with van der Waals surface area (Å²) in [5.41, 5.74) is 6.41. The van der Waals surface area contributed by atoms with Crippen molar-refractivity contribution in [2.45, 2.75) is 18.6 Å². The van der Waals surface area contributed by atoms with Gasteiger partial charge in [0.15, 0.2) is 0 Å². The topological polar surface area (TPSA) is 64.8 Å². The zero-order valence-corrected chi connectivity index (χ0v) is 13.4. The highest BCUT2D eigenvalue weighted by atomic mass is 35.5. The van der Waals surface area contributed by atoms with Gasteiger partial charge in [-0.3, -0.25) is 4.79 Å². The van der Waals surface area contributed by atoms with Gasteiger partial charge in [0.2, 0.25) is 5.91 Å². The number of amides is 1. The summed E-state index contributed by atoms with van der Waals surface area (Å²) in [7, 11) is 1.55. The van der Waals surface area contributed by atoms with E-state index in [0.29, 0.717) is 26.2 Å². The fourth-order valence-electron chi connectivity index (χ4n) is 2.34. The van der Waals surface area contributed by atoms with Crippen LogP contribution >= 0.6 is 12.4 Å².